The summed E-state index contributed by atoms with van der Waals surface area (Å²) in [5, 5.41) is 2.90. The first-order chi connectivity index (χ1) is 12.0. The lowest BCUT2D eigenvalue weighted by atomic mass is 10.1. The number of urea groups is 1. The van der Waals surface area contributed by atoms with Crippen molar-refractivity contribution < 1.29 is 9.59 Å². The van der Waals surface area contributed by atoms with Gasteiger partial charge in [0.25, 0.3) is 5.91 Å². The van der Waals surface area contributed by atoms with E-state index in [1.807, 2.05) is 31.2 Å². The first-order valence-electron chi connectivity index (χ1n) is 8.30. The van der Waals surface area contributed by atoms with Gasteiger partial charge in [0.15, 0.2) is 0 Å². The van der Waals surface area contributed by atoms with Gasteiger partial charge >= 0.3 is 6.03 Å². The van der Waals surface area contributed by atoms with Crippen molar-refractivity contribution in [2.75, 3.05) is 37.2 Å². The summed E-state index contributed by atoms with van der Waals surface area (Å²) in [6.45, 7) is 4.01. The van der Waals surface area contributed by atoms with Crippen LogP contribution in [-0.4, -0.2) is 47.9 Å². The van der Waals surface area contributed by atoms with Crippen molar-refractivity contribution >= 4 is 23.3 Å². The van der Waals surface area contributed by atoms with Crippen LogP contribution in [0.15, 0.2) is 48.5 Å². The number of nitrogens with two attached hydrogens (primary N) is 1. The SMILES string of the molecule is Cc1cccc(NC(=O)N2CCN(C(=O)c3cccc(N)c3)CC2)c1. The minimum Gasteiger partial charge on any atom is -0.399 e. The summed E-state index contributed by atoms with van der Waals surface area (Å²) in [7, 11) is 0. The van der Waals surface area contributed by atoms with Crippen molar-refractivity contribution in [2.45, 2.75) is 6.92 Å². The number of benzene rings is 2. The summed E-state index contributed by atoms with van der Waals surface area (Å²) in [5.74, 6) is -0.0500. The van der Waals surface area contributed by atoms with E-state index in [2.05, 4.69) is 5.32 Å². The predicted molar refractivity (Wildman–Crippen MR) is 98.5 cm³/mol. The van der Waals surface area contributed by atoms with E-state index in [0.717, 1.165) is 11.3 Å². The van der Waals surface area contributed by atoms with Gasteiger partial charge in [0.2, 0.25) is 0 Å². The Balaban J connectivity index is 1.56. The Morgan fingerprint density at radius 2 is 1.64 bits per heavy atom. The molecule has 0 atom stereocenters. The molecule has 3 N–H and O–H groups in total. The second-order valence-electron chi connectivity index (χ2n) is 6.20. The Hall–Kier alpha value is -3.02. The zero-order valence-corrected chi connectivity index (χ0v) is 14.2. The molecule has 0 aliphatic carbocycles. The molecular formula is C19H22N4O2. The van der Waals surface area contributed by atoms with Crippen LogP contribution in [0.4, 0.5) is 16.2 Å². The maximum atomic E-state index is 12.5. The Bertz CT molecular complexity index is 782. The van der Waals surface area contributed by atoms with Crippen molar-refractivity contribution in [1.82, 2.24) is 9.80 Å². The van der Waals surface area contributed by atoms with Crippen LogP contribution in [0, 0.1) is 6.92 Å². The summed E-state index contributed by atoms with van der Waals surface area (Å²) >= 11 is 0. The number of piperazine rings is 1. The van der Waals surface area contributed by atoms with Gasteiger partial charge < -0.3 is 20.9 Å². The molecule has 3 amide bonds. The van der Waals surface area contributed by atoms with E-state index in [-0.39, 0.29) is 11.9 Å². The third-order valence-corrected chi connectivity index (χ3v) is 4.26. The normalized spacial score (nSPS) is 14.3. The summed E-state index contributed by atoms with van der Waals surface area (Å²) in [6.07, 6.45) is 0. The highest BCUT2D eigenvalue weighted by atomic mass is 16.2. The molecule has 6 heteroatoms. The van der Waals surface area contributed by atoms with Crippen LogP contribution in [0.25, 0.3) is 0 Å². The van der Waals surface area contributed by atoms with Gasteiger partial charge in [-0.2, -0.15) is 0 Å². The van der Waals surface area contributed by atoms with Gasteiger partial charge in [-0.1, -0.05) is 18.2 Å². The van der Waals surface area contributed by atoms with Gasteiger partial charge in [-0.3, -0.25) is 4.79 Å². The van der Waals surface area contributed by atoms with Crippen LogP contribution in [0.1, 0.15) is 15.9 Å². The predicted octanol–water partition coefficient (Wildman–Crippen LogP) is 2.57. The number of amides is 3. The van der Waals surface area contributed by atoms with Gasteiger partial charge in [-0.05, 0) is 42.8 Å². The maximum Gasteiger partial charge on any atom is 0.321 e. The van der Waals surface area contributed by atoms with Crippen molar-refractivity contribution in [3.05, 3.63) is 59.7 Å². The second-order valence-corrected chi connectivity index (χ2v) is 6.20. The molecule has 0 saturated carbocycles. The second kappa shape index (κ2) is 7.25. The smallest absolute Gasteiger partial charge is 0.321 e. The molecule has 2 aromatic carbocycles. The summed E-state index contributed by atoms with van der Waals surface area (Å²) < 4.78 is 0. The van der Waals surface area contributed by atoms with Gasteiger partial charge in [0.05, 0.1) is 0 Å². The monoisotopic (exact) mass is 338 g/mol. The molecule has 130 valence electrons. The zero-order valence-electron chi connectivity index (χ0n) is 14.2. The Kier molecular flexibility index (Phi) is 4.88. The Morgan fingerprint density at radius 1 is 0.960 bits per heavy atom. The van der Waals surface area contributed by atoms with Crippen molar-refractivity contribution in [2.24, 2.45) is 0 Å². The number of nitrogens with zero attached hydrogens (tertiary/aromatic N) is 2. The van der Waals surface area contributed by atoms with Gasteiger partial charge in [-0.15, -0.1) is 0 Å². The van der Waals surface area contributed by atoms with Crippen molar-refractivity contribution in [3.63, 3.8) is 0 Å². The fourth-order valence-electron chi connectivity index (χ4n) is 2.89. The average molecular weight is 338 g/mol. The summed E-state index contributed by atoms with van der Waals surface area (Å²) in [5.41, 5.74) is 8.77. The van der Waals surface area contributed by atoms with Crippen LogP contribution < -0.4 is 11.1 Å². The van der Waals surface area contributed by atoms with E-state index in [9.17, 15) is 9.59 Å². The lowest BCUT2D eigenvalue weighted by molar-refractivity contribution is 0.0672. The number of aryl methyl sites for hydroxylation is 1. The van der Waals surface area contributed by atoms with Gasteiger partial charge in [0, 0.05) is 43.1 Å². The number of hydrogen-bond acceptors (Lipinski definition) is 3. The molecule has 25 heavy (non-hydrogen) atoms. The fraction of sp³-hybridized carbons (Fsp3) is 0.263. The molecule has 0 spiro atoms. The first kappa shape index (κ1) is 16.8. The number of nitrogens with one attached hydrogen (secondary N) is 1. The summed E-state index contributed by atoms with van der Waals surface area (Å²) in [6, 6.07) is 14.5. The maximum absolute atomic E-state index is 12.5. The number of carbonyl (C=O) groups is 2. The summed E-state index contributed by atoms with van der Waals surface area (Å²) in [4.78, 5) is 28.4. The average Bonchev–Trinajstić information content (AvgIpc) is 2.61. The highest BCUT2D eigenvalue weighted by molar-refractivity contribution is 5.95. The molecule has 1 heterocycles. The molecule has 0 aromatic heterocycles. The van der Waals surface area contributed by atoms with Gasteiger partial charge in [-0.25, -0.2) is 4.79 Å². The quantitative estimate of drug-likeness (QED) is 0.826. The third-order valence-electron chi connectivity index (χ3n) is 4.26. The number of nitrogen functional groups attached to an aromatic ring is 1. The molecule has 0 radical (unpaired) electrons. The molecule has 1 aliphatic heterocycles. The molecule has 3 rings (SSSR count). The van der Waals surface area contributed by atoms with E-state index < -0.39 is 0 Å². The van der Waals surface area contributed by atoms with E-state index in [4.69, 9.17) is 5.73 Å². The van der Waals surface area contributed by atoms with Gasteiger partial charge in [0.1, 0.15) is 0 Å². The number of rotatable bonds is 2. The highest BCUT2D eigenvalue weighted by Crippen LogP contribution is 2.14. The molecule has 1 aliphatic rings. The highest BCUT2D eigenvalue weighted by Gasteiger charge is 2.25. The molecule has 1 saturated heterocycles. The molecule has 0 bridgehead atoms. The van der Waals surface area contributed by atoms with Crippen LogP contribution in [-0.2, 0) is 0 Å². The fourth-order valence-corrected chi connectivity index (χ4v) is 2.89. The van der Waals surface area contributed by atoms with Crippen LogP contribution >= 0.6 is 0 Å². The number of anilines is 2. The number of carbonyl (C=O) groups excluding carboxylic acids is 2. The van der Waals surface area contributed by atoms with Crippen LogP contribution in [0.3, 0.4) is 0 Å². The molecule has 2 aromatic rings. The molecule has 6 nitrogen and oxygen atoms in total. The third kappa shape index (κ3) is 4.09. The van der Waals surface area contributed by atoms with Crippen molar-refractivity contribution in [3.8, 4) is 0 Å². The molecular weight excluding hydrogens is 316 g/mol. The van der Waals surface area contributed by atoms with Crippen molar-refractivity contribution in [1.29, 1.82) is 0 Å². The molecule has 1 fully saturated rings. The minimum absolute atomic E-state index is 0.0500. The molecule has 0 unspecified atom stereocenters. The first-order valence-corrected chi connectivity index (χ1v) is 8.30. The topological polar surface area (TPSA) is 78.7 Å². The minimum atomic E-state index is -0.137. The Morgan fingerprint density at radius 3 is 2.32 bits per heavy atom. The standard InChI is InChI=1S/C19H22N4O2/c1-14-4-2-7-17(12-14)21-19(25)23-10-8-22(9-11-23)18(24)15-5-3-6-16(20)13-15/h2-7,12-13H,8-11,20H2,1H3,(H,21,25). The number of hydrogen-bond donors (Lipinski definition) is 2. The lowest BCUT2D eigenvalue weighted by Crippen LogP contribution is -2.51. The van der Waals surface area contributed by atoms with E-state index >= 15 is 0 Å². The van der Waals surface area contributed by atoms with Crippen LogP contribution in [0.2, 0.25) is 0 Å². The van der Waals surface area contributed by atoms with E-state index in [0.29, 0.717) is 37.4 Å². The van der Waals surface area contributed by atoms with Crippen LogP contribution in [0.5, 0.6) is 0 Å². The largest absolute Gasteiger partial charge is 0.399 e. The lowest BCUT2D eigenvalue weighted by Gasteiger charge is -2.34. The Labute approximate surface area is 147 Å². The van der Waals surface area contributed by atoms with E-state index in [1.165, 1.54) is 0 Å². The zero-order chi connectivity index (χ0) is 17.8. The van der Waals surface area contributed by atoms with E-state index in [1.54, 1.807) is 34.1 Å².